The maximum absolute atomic E-state index is 10.2. The molecule has 17 heavy (non-hydrogen) atoms. The molecule has 4 heteroatoms. The van der Waals surface area contributed by atoms with Gasteiger partial charge in [0, 0.05) is 15.8 Å². The van der Waals surface area contributed by atoms with E-state index >= 15 is 0 Å². The van der Waals surface area contributed by atoms with Crippen LogP contribution in [0.3, 0.4) is 0 Å². The maximum Gasteiger partial charge on any atom is 0.0922 e. The van der Waals surface area contributed by atoms with Crippen LogP contribution in [0.1, 0.15) is 22.1 Å². The van der Waals surface area contributed by atoms with Gasteiger partial charge < -0.3 is 5.11 Å². The van der Waals surface area contributed by atoms with Crippen molar-refractivity contribution in [2.45, 2.75) is 19.4 Å². The number of aliphatic hydroxyl groups is 1. The van der Waals surface area contributed by atoms with Crippen LogP contribution < -0.4 is 0 Å². The van der Waals surface area contributed by atoms with E-state index < -0.39 is 6.10 Å². The van der Waals surface area contributed by atoms with Gasteiger partial charge in [-0.1, -0.05) is 28.1 Å². The molecule has 1 N–H and O–H groups in total. The molecular weight excluding hydrogens is 364 g/mol. The molecule has 0 saturated carbocycles. The molecule has 0 aliphatic rings. The molecule has 0 radical (unpaired) electrons. The molecule has 2 rings (SSSR count). The van der Waals surface area contributed by atoms with Gasteiger partial charge in [0.05, 0.1) is 9.89 Å². The molecule has 0 saturated heterocycles. The number of aryl methyl sites for hydroxylation is 1. The van der Waals surface area contributed by atoms with Crippen LogP contribution in [0.5, 0.6) is 0 Å². The predicted octanol–water partition coefficient (Wildman–Crippen LogP) is 4.86. The number of aliphatic hydroxyl groups excluding tert-OH is 1. The van der Waals surface area contributed by atoms with E-state index in [1.54, 1.807) is 11.3 Å². The summed E-state index contributed by atoms with van der Waals surface area (Å²) in [6.07, 6.45) is 0.213. The zero-order chi connectivity index (χ0) is 12.4. The lowest BCUT2D eigenvalue weighted by Crippen LogP contribution is -1.99. The summed E-state index contributed by atoms with van der Waals surface area (Å²) in [5, 5.41) is 10.2. The topological polar surface area (TPSA) is 20.2 Å². The third kappa shape index (κ3) is 3.41. The number of thiophene rings is 1. The van der Waals surface area contributed by atoms with Crippen molar-refractivity contribution in [2.24, 2.45) is 0 Å². The van der Waals surface area contributed by atoms with Crippen molar-refractivity contribution >= 4 is 43.2 Å². The molecule has 1 atom stereocenters. The van der Waals surface area contributed by atoms with Gasteiger partial charge in [0.15, 0.2) is 0 Å². The van der Waals surface area contributed by atoms with Crippen molar-refractivity contribution in [1.82, 2.24) is 0 Å². The van der Waals surface area contributed by atoms with Crippen molar-refractivity contribution in [1.29, 1.82) is 0 Å². The first-order valence-corrected chi connectivity index (χ1v) is 7.65. The first-order valence-electron chi connectivity index (χ1n) is 5.24. The molecule has 1 heterocycles. The highest BCUT2D eigenvalue weighted by atomic mass is 79.9. The minimum absolute atomic E-state index is 0.431. The molecule has 0 bridgehead atoms. The normalized spacial score (nSPS) is 12.7. The first kappa shape index (κ1) is 13.3. The Morgan fingerprint density at radius 3 is 2.65 bits per heavy atom. The molecule has 0 aliphatic heterocycles. The quantitative estimate of drug-likeness (QED) is 0.812. The molecule has 0 fully saturated rings. The Bertz CT molecular complexity index is 502. The average Bonchev–Trinajstić information content (AvgIpc) is 2.59. The molecule has 1 aromatic carbocycles. The molecule has 0 spiro atoms. The fourth-order valence-electron chi connectivity index (χ4n) is 1.64. The SMILES string of the molecule is Cc1cc(C(O)Cc2cccc(Br)c2)sc1Br. The van der Waals surface area contributed by atoms with Crippen LogP contribution in [-0.4, -0.2) is 5.11 Å². The molecule has 0 amide bonds. The van der Waals surface area contributed by atoms with Crippen LogP contribution in [0, 0.1) is 6.92 Å². The average molecular weight is 376 g/mol. The molecule has 1 aromatic heterocycles. The van der Waals surface area contributed by atoms with Crippen molar-refractivity contribution in [3.8, 4) is 0 Å². The molecular formula is C13H12Br2OS. The summed E-state index contributed by atoms with van der Waals surface area (Å²) in [6.45, 7) is 2.04. The van der Waals surface area contributed by atoms with Gasteiger partial charge in [-0.05, 0) is 52.2 Å². The molecule has 1 unspecified atom stereocenters. The Balaban J connectivity index is 2.14. The monoisotopic (exact) mass is 374 g/mol. The fourth-order valence-corrected chi connectivity index (χ4v) is 3.64. The van der Waals surface area contributed by atoms with E-state index in [-0.39, 0.29) is 0 Å². The van der Waals surface area contributed by atoms with Gasteiger partial charge in [0.2, 0.25) is 0 Å². The van der Waals surface area contributed by atoms with Crippen LogP contribution in [0.4, 0.5) is 0 Å². The standard InChI is InChI=1S/C13H12Br2OS/c1-8-5-12(17-13(8)15)11(16)7-9-3-2-4-10(14)6-9/h2-6,11,16H,7H2,1H3. The largest absolute Gasteiger partial charge is 0.387 e. The summed E-state index contributed by atoms with van der Waals surface area (Å²) in [5.41, 5.74) is 2.31. The van der Waals surface area contributed by atoms with E-state index in [4.69, 9.17) is 0 Å². The third-order valence-corrected chi connectivity index (χ3v) is 5.25. The second-order valence-corrected chi connectivity index (χ2v) is 7.27. The van der Waals surface area contributed by atoms with Crippen LogP contribution >= 0.6 is 43.2 Å². The van der Waals surface area contributed by atoms with Crippen LogP contribution in [0.25, 0.3) is 0 Å². The zero-order valence-corrected chi connectivity index (χ0v) is 13.3. The summed E-state index contributed by atoms with van der Waals surface area (Å²) >= 11 is 8.52. The fraction of sp³-hybridized carbons (Fsp3) is 0.231. The number of benzene rings is 1. The molecule has 90 valence electrons. The molecule has 1 nitrogen and oxygen atoms in total. The zero-order valence-electron chi connectivity index (χ0n) is 9.28. The highest BCUT2D eigenvalue weighted by Crippen LogP contribution is 2.32. The van der Waals surface area contributed by atoms with E-state index in [1.807, 2.05) is 37.3 Å². The van der Waals surface area contributed by atoms with Crippen molar-refractivity contribution in [3.05, 3.63) is 54.6 Å². The van der Waals surface area contributed by atoms with Gasteiger partial charge in [-0.15, -0.1) is 11.3 Å². The van der Waals surface area contributed by atoms with Gasteiger partial charge in [-0.2, -0.15) is 0 Å². The Labute approximate surface area is 122 Å². The minimum Gasteiger partial charge on any atom is -0.387 e. The van der Waals surface area contributed by atoms with E-state index in [0.29, 0.717) is 6.42 Å². The van der Waals surface area contributed by atoms with Crippen LogP contribution in [-0.2, 0) is 6.42 Å². The Morgan fingerprint density at radius 2 is 2.06 bits per heavy atom. The number of halogens is 2. The molecule has 2 aromatic rings. The predicted molar refractivity (Wildman–Crippen MR) is 79.6 cm³/mol. The van der Waals surface area contributed by atoms with Crippen molar-refractivity contribution in [2.75, 3.05) is 0 Å². The van der Waals surface area contributed by atoms with E-state index in [0.717, 1.165) is 18.7 Å². The minimum atomic E-state index is -0.431. The first-order chi connectivity index (χ1) is 8.06. The Morgan fingerprint density at radius 1 is 1.29 bits per heavy atom. The second kappa shape index (κ2) is 5.65. The number of hydrogen-bond acceptors (Lipinski definition) is 2. The Kier molecular flexibility index (Phi) is 4.42. The maximum atomic E-state index is 10.2. The summed E-state index contributed by atoms with van der Waals surface area (Å²) in [6, 6.07) is 10.1. The summed E-state index contributed by atoms with van der Waals surface area (Å²) in [4.78, 5) is 1.01. The summed E-state index contributed by atoms with van der Waals surface area (Å²) < 4.78 is 2.14. The summed E-state index contributed by atoms with van der Waals surface area (Å²) in [5.74, 6) is 0. The lowest BCUT2D eigenvalue weighted by atomic mass is 10.1. The van der Waals surface area contributed by atoms with Crippen molar-refractivity contribution in [3.63, 3.8) is 0 Å². The van der Waals surface area contributed by atoms with Gasteiger partial charge in [0.25, 0.3) is 0 Å². The van der Waals surface area contributed by atoms with E-state index in [1.165, 1.54) is 5.56 Å². The van der Waals surface area contributed by atoms with E-state index in [2.05, 4.69) is 31.9 Å². The van der Waals surface area contributed by atoms with Crippen LogP contribution in [0.15, 0.2) is 38.6 Å². The number of hydrogen-bond donors (Lipinski definition) is 1. The second-order valence-electron chi connectivity index (χ2n) is 3.96. The van der Waals surface area contributed by atoms with Crippen molar-refractivity contribution < 1.29 is 5.11 Å². The van der Waals surface area contributed by atoms with Gasteiger partial charge in [-0.3, -0.25) is 0 Å². The van der Waals surface area contributed by atoms with Crippen LogP contribution in [0.2, 0.25) is 0 Å². The lowest BCUT2D eigenvalue weighted by Gasteiger charge is -2.08. The third-order valence-electron chi connectivity index (χ3n) is 2.52. The lowest BCUT2D eigenvalue weighted by molar-refractivity contribution is 0.182. The molecule has 0 aliphatic carbocycles. The smallest absolute Gasteiger partial charge is 0.0922 e. The Hall–Kier alpha value is -0.160. The van der Waals surface area contributed by atoms with Gasteiger partial charge in [-0.25, -0.2) is 0 Å². The van der Waals surface area contributed by atoms with Gasteiger partial charge >= 0.3 is 0 Å². The summed E-state index contributed by atoms with van der Waals surface area (Å²) in [7, 11) is 0. The highest BCUT2D eigenvalue weighted by Gasteiger charge is 2.13. The highest BCUT2D eigenvalue weighted by molar-refractivity contribution is 9.11. The van der Waals surface area contributed by atoms with Gasteiger partial charge in [0.1, 0.15) is 0 Å². The van der Waals surface area contributed by atoms with E-state index in [9.17, 15) is 5.11 Å². The number of rotatable bonds is 3.